The number of fused-ring (bicyclic) bond motifs is 2. The van der Waals surface area contributed by atoms with Gasteiger partial charge in [0.15, 0.2) is 0 Å². The fraction of sp³-hybridized carbons (Fsp3) is 0.273. The number of carbonyl (C=O) groups is 1. The summed E-state index contributed by atoms with van der Waals surface area (Å²) in [5.74, 6) is -0.314. The van der Waals surface area contributed by atoms with Gasteiger partial charge in [0.05, 0.1) is 11.4 Å². The van der Waals surface area contributed by atoms with E-state index in [1.54, 1.807) is 0 Å². The van der Waals surface area contributed by atoms with Crippen molar-refractivity contribution in [1.29, 1.82) is 0 Å². The lowest BCUT2D eigenvalue weighted by Gasteiger charge is -2.12. The number of ether oxygens (including phenoxy) is 1. The van der Waals surface area contributed by atoms with Gasteiger partial charge in [-0.05, 0) is 50.7 Å². The Balaban J connectivity index is 1.65. The maximum Gasteiger partial charge on any atom is 0.350 e. The minimum atomic E-state index is -0.314. The van der Waals surface area contributed by atoms with Crippen LogP contribution in [0.4, 0.5) is 11.4 Å². The summed E-state index contributed by atoms with van der Waals surface area (Å²) >= 11 is 1.44. The van der Waals surface area contributed by atoms with Crippen LogP contribution in [0.15, 0.2) is 47.6 Å². The van der Waals surface area contributed by atoms with E-state index in [-0.39, 0.29) is 5.97 Å². The van der Waals surface area contributed by atoms with Crippen molar-refractivity contribution in [2.24, 2.45) is 5.16 Å². The average molecular weight is 410 g/mol. The molecule has 150 valence electrons. The molecule has 0 unspecified atom stereocenters. The Morgan fingerprint density at radius 3 is 2.86 bits per heavy atom. The van der Waals surface area contributed by atoms with Crippen molar-refractivity contribution >= 4 is 44.5 Å². The second kappa shape index (κ2) is 8.23. The van der Waals surface area contributed by atoms with Gasteiger partial charge in [-0.2, -0.15) is 0 Å². The van der Waals surface area contributed by atoms with Crippen LogP contribution in [0, 0.1) is 0 Å². The van der Waals surface area contributed by atoms with Crippen LogP contribution in [-0.2, 0) is 11.2 Å². The first kappa shape index (κ1) is 19.4. The van der Waals surface area contributed by atoms with Gasteiger partial charge in [0.2, 0.25) is 0 Å². The molecule has 0 amide bonds. The van der Waals surface area contributed by atoms with Crippen LogP contribution in [0.5, 0.6) is 0 Å². The molecule has 6 nitrogen and oxygen atoms in total. The molecule has 0 bridgehead atoms. The van der Waals surface area contributed by atoms with E-state index in [9.17, 15) is 4.79 Å². The highest BCUT2D eigenvalue weighted by atomic mass is 32.1. The molecule has 0 atom stereocenters. The molecule has 1 aliphatic rings. The first-order valence-electron chi connectivity index (χ1n) is 9.51. The Morgan fingerprint density at radius 2 is 2.07 bits per heavy atom. The Kier molecular flexibility index (Phi) is 5.51. The number of hydrogen-bond donors (Lipinski definition) is 2. The van der Waals surface area contributed by atoms with Crippen LogP contribution in [0.3, 0.4) is 0 Å². The highest BCUT2D eigenvalue weighted by molar-refractivity contribution is 7.21. The highest BCUT2D eigenvalue weighted by Gasteiger charge is 2.22. The number of carbonyl (C=O) groups excluding carboxylic acids is 1. The summed E-state index contributed by atoms with van der Waals surface area (Å²) in [4.78, 5) is 15.3. The van der Waals surface area contributed by atoms with E-state index in [2.05, 4.69) is 16.5 Å². The number of aryl methyl sites for hydroxylation is 1. The summed E-state index contributed by atoms with van der Waals surface area (Å²) in [6.07, 6.45) is 1.58. The number of likely N-dealkylation sites (N-methyl/N-ethyl adjacent to an activating group) is 1. The van der Waals surface area contributed by atoms with Crippen LogP contribution in [0.2, 0.25) is 0 Å². The van der Waals surface area contributed by atoms with Gasteiger partial charge in [0, 0.05) is 27.9 Å². The van der Waals surface area contributed by atoms with Gasteiger partial charge in [-0.1, -0.05) is 29.4 Å². The van der Waals surface area contributed by atoms with Gasteiger partial charge in [0.1, 0.15) is 11.5 Å². The number of hydrogen-bond acceptors (Lipinski definition) is 7. The van der Waals surface area contributed by atoms with E-state index in [0.717, 1.165) is 51.1 Å². The molecule has 0 radical (unpaired) electrons. The number of oxime groups is 1. The fourth-order valence-corrected chi connectivity index (χ4v) is 4.55. The van der Waals surface area contributed by atoms with Gasteiger partial charge in [-0.3, -0.25) is 0 Å². The topological polar surface area (TPSA) is 74.2 Å². The predicted octanol–water partition coefficient (Wildman–Crippen LogP) is 4.49. The number of anilines is 2. The SMILES string of the molecule is CN(C)CCOC(=O)c1sc2ccccc2c1Nc1ccc2c(c1)CC/C2=N\O. The minimum Gasteiger partial charge on any atom is -0.460 e. The molecule has 2 aromatic carbocycles. The molecule has 4 rings (SSSR count). The molecule has 0 saturated heterocycles. The Hall–Kier alpha value is -2.90. The summed E-state index contributed by atoms with van der Waals surface area (Å²) in [5.41, 5.74) is 4.51. The zero-order valence-electron chi connectivity index (χ0n) is 16.4. The minimum absolute atomic E-state index is 0.314. The zero-order chi connectivity index (χ0) is 20.4. The number of benzene rings is 2. The summed E-state index contributed by atoms with van der Waals surface area (Å²) in [6.45, 7) is 1.03. The highest BCUT2D eigenvalue weighted by Crippen LogP contribution is 2.38. The van der Waals surface area contributed by atoms with E-state index in [4.69, 9.17) is 9.94 Å². The van der Waals surface area contributed by atoms with Gasteiger partial charge < -0.3 is 20.2 Å². The van der Waals surface area contributed by atoms with E-state index >= 15 is 0 Å². The first-order valence-corrected chi connectivity index (χ1v) is 10.3. The van der Waals surface area contributed by atoms with Crippen LogP contribution >= 0.6 is 11.3 Å². The fourth-order valence-electron chi connectivity index (χ4n) is 3.50. The smallest absolute Gasteiger partial charge is 0.350 e. The molecule has 3 aromatic rings. The molecular formula is C22H23N3O3S. The van der Waals surface area contributed by atoms with Crippen LogP contribution in [0.1, 0.15) is 27.2 Å². The van der Waals surface area contributed by atoms with Crippen LogP contribution in [-0.4, -0.2) is 49.0 Å². The standard InChI is InChI=1S/C22H23N3O3S/c1-25(2)11-12-28-22(26)21-20(17-5-3-4-6-19(17)29-21)23-15-8-9-16-14(13-15)7-10-18(16)24-27/h3-6,8-9,13,23,27H,7,10-12H2,1-2H3/b24-18+. The monoisotopic (exact) mass is 409 g/mol. The lowest BCUT2D eigenvalue weighted by molar-refractivity contribution is 0.0488. The van der Waals surface area contributed by atoms with Crippen molar-refractivity contribution < 1.29 is 14.7 Å². The van der Waals surface area contributed by atoms with Crippen molar-refractivity contribution in [2.45, 2.75) is 12.8 Å². The molecule has 2 N–H and O–H groups in total. The lowest BCUT2D eigenvalue weighted by Crippen LogP contribution is -2.20. The Labute approximate surface area is 173 Å². The molecule has 7 heteroatoms. The van der Waals surface area contributed by atoms with E-state index in [1.165, 1.54) is 11.3 Å². The average Bonchev–Trinajstić information content (AvgIpc) is 3.29. The van der Waals surface area contributed by atoms with Gasteiger partial charge in [-0.15, -0.1) is 11.3 Å². The molecule has 1 aliphatic carbocycles. The maximum absolute atomic E-state index is 12.8. The number of thiophene rings is 1. The van der Waals surface area contributed by atoms with Crippen molar-refractivity contribution in [1.82, 2.24) is 4.90 Å². The third-order valence-corrected chi connectivity index (χ3v) is 6.14. The second-order valence-electron chi connectivity index (χ2n) is 7.29. The van der Waals surface area contributed by atoms with Crippen LogP contribution in [0.25, 0.3) is 10.1 Å². The summed E-state index contributed by atoms with van der Waals surface area (Å²) in [7, 11) is 3.89. The summed E-state index contributed by atoms with van der Waals surface area (Å²) < 4.78 is 6.53. The van der Waals surface area contributed by atoms with Gasteiger partial charge in [-0.25, -0.2) is 4.79 Å². The molecule has 29 heavy (non-hydrogen) atoms. The molecule has 0 aliphatic heterocycles. The summed E-state index contributed by atoms with van der Waals surface area (Å²) in [5, 5.41) is 16.9. The Morgan fingerprint density at radius 1 is 1.24 bits per heavy atom. The van der Waals surface area contributed by atoms with Crippen molar-refractivity contribution in [3.05, 3.63) is 58.5 Å². The second-order valence-corrected chi connectivity index (χ2v) is 8.34. The van der Waals surface area contributed by atoms with E-state index < -0.39 is 0 Å². The van der Waals surface area contributed by atoms with E-state index in [0.29, 0.717) is 18.0 Å². The van der Waals surface area contributed by atoms with Crippen molar-refractivity contribution in [2.75, 3.05) is 32.6 Å². The van der Waals surface area contributed by atoms with Crippen molar-refractivity contribution in [3.63, 3.8) is 0 Å². The molecule has 0 saturated carbocycles. The zero-order valence-corrected chi connectivity index (χ0v) is 17.3. The summed E-state index contributed by atoms with van der Waals surface area (Å²) in [6, 6.07) is 13.9. The number of nitrogens with one attached hydrogen (secondary N) is 1. The van der Waals surface area contributed by atoms with Gasteiger partial charge >= 0.3 is 5.97 Å². The Bertz CT molecular complexity index is 1090. The van der Waals surface area contributed by atoms with Crippen molar-refractivity contribution in [3.8, 4) is 0 Å². The largest absolute Gasteiger partial charge is 0.460 e. The lowest BCUT2D eigenvalue weighted by atomic mass is 10.1. The molecule has 0 spiro atoms. The third-order valence-electron chi connectivity index (χ3n) is 4.99. The predicted molar refractivity (Wildman–Crippen MR) is 117 cm³/mol. The van der Waals surface area contributed by atoms with E-state index in [1.807, 2.05) is 55.4 Å². The molecule has 1 heterocycles. The quantitative estimate of drug-likeness (QED) is 0.357. The third kappa shape index (κ3) is 3.97. The molecular weight excluding hydrogens is 386 g/mol. The van der Waals surface area contributed by atoms with Crippen LogP contribution < -0.4 is 5.32 Å². The number of nitrogens with zero attached hydrogens (tertiary/aromatic N) is 2. The maximum atomic E-state index is 12.8. The van der Waals surface area contributed by atoms with Gasteiger partial charge in [0.25, 0.3) is 0 Å². The number of rotatable bonds is 6. The molecule has 1 aromatic heterocycles. The normalized spacial score (nSPS) is 14.5. The first-order chi connectivity index (χ1) is 14.1. The molecule has 0 fully saturated rings. The number of esters is 1.